The van der Waals surface area contributed by atoms with Crippen molar-refractivity contribution >= 4 is 5.91 Å². The van der Waals surface area contributed by atoms with Crippen LogP contribution in [0.15, 0.2) is 42.5 Å². The van der Waals surface area contributed by atoms with E-state index in [1.807, 2.05) is 35.2 Å². The zero-order chi connectivity index (χ0) is 9.97. The molecule has 72 valence electrons. The van der Waals surface area contributed by atoms with Crippen LogP contribution in [0.2, 0.25) is 0 Å². The number of rotatable bonds is 2. The van der Waals surface area contributed by atoms with E-state index in [1.54, 1.807) is 0 Å². The molecule has 1 fully saturated rings. The lowest BCUT2D eigenvalue weighted by atomic mass is 10.2. The quantitative estimate of drug-likeness (QED) is 0.648. The van der Waals surface area contributed by atoms with Crippen molar-refractivity contribution in [3.05, 3.63) is 48.0 Å². The molecule has 1 aromatic carbocycles. The standard InChI is InChI=1S/C12H13NO/c1-10-7-8-13(12(10)14)9-11-5-3-2-4-6-11/h2-6H,1,7-9H2. The van der Waals surface area contributed by atoms with Crippen LogP contribution in [0, 0.1) is 0 Å². The van der Waals surface area contributed by atoms with E-state index in [4.69, 9.17) is 0 Å². The summed E-state index contributed by atoms with van der Waals surface area (Å²) in [6, 6.07) is 10.0. The molecular formula is C12H13NO. The van der Waals surface area contributed by atoms with E-state index in [0.29, 0.717) is 6.54 Å². The molecule has 14 heavy (non-hydrogen) atoms. The van der Waals surface area contributed by atoms with Crippen LogP contribution in [-0.2, 0) is 11.3 Å². The Morgan fingerprint density at radius 2 is 2.00 bits per heavy atom. The van der Waals surface area contributed by atoms with E-state index >= 15 is 0 Å². The summed E-state index contributed by atoms with van der Waals surface area (Å²) in [5, 5.41) is 0. The third-order valence-corrected chi connectivity index (χ3v) is 2.49. The molecule has 2 heteroatoms. The zero-order valence-corrected chi connectivity index (χ0v) is 8.07. The maximum atomic E-state index is 11.5. The normalized spacial score (nSPS) is 16.4. The molecule has 2 rings (SSSR count). The average molecular weight is 187 g/mol. The van der Waals surface area contributed by atoms with E-state index in [-0.39, 0.29) is 5.91 Å². The van der Waals surface area contributed by atoms with Crippen molar-refractivity contribution in [1.29, 1.82) is 0 Å². The average Bonchev–Trinajstić information content (AvgIpc) is 2.52. The maximum absolute atomic E-state index is 11.5. The van der Waals surface area contributed by atoms with Crippen LogP contribution in [0.25, 0.3) is 0 Å². The fourth-order valence-electron chi connectivity index (χ4n) is 1.66. The molecule has 2 nitrogen and oxygen atoms in total. The summed E-state index contributed by atoms with van der Waals surface area (Å²) in [5.74, 6) is 0.105. The van der Waals surface area contributed by atoms with Gasteiger partial charge in [-0.15, -0.1) is 0 Å². The van der Waals surface area contributed by atoms with Gasteiger partial charge in [0.1, 0.15) is 0 Å². The molecule has 0 bridgehead atoms. The van der Waals surface area contributed by atoms with Crippen LogP contribution in [-0.4, -0.2) is 17.4 Å². The zero-order valence-electron chi connectivity index (χ0n) is 8.07. The number of hydrogen-bond donors (Lipinski definition) is 0. The molecule has 1 aromatic rings. The van der Waals surface area contributed by atoms with Crippen molar-refractivity contribution in [1.82, 2.24) is 4.90 Å². The number of likely N-dealkylation sites (tertiary alicyclic amines) is 1. The second-order valence-corrected chi connectivity index (χ2v) is 3.57. The van der Waals surface area contributed by atoms with Crippen molar-refractivity contribution in [2.75, 3.05) is 6.54 Å². The highest BCUT2D eigenvalue weighted by Crippen LogP contribution is 2.17. The van der Waals surface area contributed by atoms with Gasteiger partial charge in [0.05, 0.1) is 0 Å². The van der Waals surface area contributed by atoms with Gasteiger partial charge in [0, 0.05) is 18.7 Å². The van der Waals surface area contributed by atoms with Gasteiger partial charge in [0.15, 0.2) is 0 Å². The number of carbonyl (C=O) groups excluding carboxylic acids is 1. The summed E-state index contributed by atoms with van der Waals surface area (Å²) in [4.78, 5) is 13.4. The highest BCUT2D eigenvalue weighted by Gasteiger charge is 2.23. The Labute approximate surface area is 83.8 Å². The van der Waals surface area contributed by atoms with Crippen LogP contribution < -0.4 is 0 Å². The van der Waals surface area contributed by atoms with E-state index in [2.05, 4.69) is 6.58 Å². The highest BCUT2D eigenvalue weighted by molar-refractivity contribution is 5.94. The van der Waals surface area contributed by atoms with Crippen LogP contribution in [0.4, 0.5) is 0 Å². The Bertz CT molecular complexity index is 356. The topological polar surface area (TPSA) is 20.3 Å². The first-order valence-corrected chi connectivity index (χ1v) is 4.78. The molecule has 1 heterocycles. The molecule has 0 atom stereocenters. The monoisotopic (exact) mass is 187 g/mol. The molecule has 0 unspecified atom stereocenters. The number of carbonyl (C=O) groups is 1. The molecule has 1 aliphatic heterocycles. The van der Waals surface area contributed by atoms with E-state index in [1.165, 1.54) is 5.56 Å². The third-order valence-electron chi connectivity index (χ3n) is 2.49. The fourth-order valence-corrected chi connectivity index (χ4v) is 1.66. The molecule has 0 spiro atoms. The predicted molar refractivity (Wildman–Crippen MR) is 55.6 cm³/mol. The first kappa shape index (κ1) is 9.00. The van der Waals surface area contributed by atoms with Gasteiger partial charge in [0.25, 0.3) is 0 Å². The third kappa shape index (κ3) is 1.69. The Kier molecular flexibility index (Phi) is 2.35. The largest absolute Gasteiger partial charge is 0.334 e. The van der Waals surface area contributed by atoms with Gasteiger partial charge in [-0.1, -0.05) is 36.9 Å². The lowest BCUT2D eigenvalue weighted by molar-refractivity contribution is -0.125. The smallest absolute Gasteiger partial charge is 0.249 e. The molecule has 0 aliphatic carbocycles. The molecular weight excluding hydrogens is 174 g/mol. The molecule has 0 radical (unpaired) electrons. The number of hydrogen-bond acceptors (Lipinski definition) is 1. The van der Waals surface area contributed by atoms with Gasteiger partial charge in [-0.2, -0.15) is 0 Å². The van der Waals surface area contributed by atoms with Gasteiger partial charge < -0.3 is 4.90 Å². The molecule has 0 aromatic heterocycles. The first-order chi connectivity index (χ1) is 6.77. The Morgan fingerprint density at radius 1 is 1.29 bits per heavy atom. The predicted octanol–water partition coefficient (Wildman–Crippen LogP) is 1.98. The van der Waals surface area contributed by atoms with Gasteiger partial charge in [0.2, 0.25) is 5.91 Å². The summed E-state index contributed by atoms with van der Waals surface area (Å²) in [5.41, 5.74) is 1.91. The lowest BCUT2D eigenvalue weighted by Gasteiger charge is -2.14. The lowest BCUT2D eigenvalue weighted by Crippen LogP contribution is -2.24. The molecule has 0 N–H and O–H groups in total. The van der Waals surface area contributed by atoms with Crippen LogP contribution in [0.3, 0.4) is 0 Å². The highest BCUT2D eigenvalue weighted by atomic mass is 16.2. The number of amides is 1. The van der Waals surface area contributed by atoms with Crippen molar-refractivity contribution in [2.24, 2.45) is 0 Å². The van der Waals surface area contributed by atoms with Crippen LogP contribution in [0.5, 0.6) is 0 Å². The van der Waals surface area contributed by atoms with Crippen LogP contribution in [0.1, 0.15) is 12.0 Å². The Balaban J connectivity index is 2.06. The Morgan fingerprint density at radius 3 is 2.57 bits per heavy atom. The van der Waals surface area contributed by atoms with Crippen molar-refractivity contribution < 1.29 is 4.79 Å². The second-order valence-electron chi connectivity index (χ2n) is 3.57. The minimum absolute atomic E-state index is 0.105. The van der Waals surface area contributed by atoms with Crippen molar-refractivity contribution in [3.8, 4) is 0 Å². The molecule has 1 amide bonds. The maximum Gasteiger partial charge on any atom is 0.249 e. The molecule has 1 saturated heterocycles. The summed E-state index contributed by atoms with van der Waals surface area (Å²) >= 11 is 0. The number of benzene rings is 1. The first-order valence-electron chi connectivity index (χ1n) is 4.78. The van der Waals surface area contributed by atoms with Gasteiger partial charge in [-0.3, -0.25) is 4.79 Å². The van der Waals surface area contributed by atoms with E-state index < -0.39 is 0 Å². The van der Waals surface area contributed by atoms with E-state index in [0.717, 1.165) is 18.5 Å². The van der Waals surface area contributed by atoms with Gasteiger partial charge >= 0.3 is 0 Å². The minimum Gasteiger partial charge on any atom is -0.334 e. The summed E-state index contributed by atoms with van der Waals surface area (Å²) in [6.45, 7) is 5.25. The van der Waals surface area contributed by atoms with Gasteiger partial charge in [-0.05, 0) is 12.0 Å². The van der Waals surface area contributed by atoms with Crippen molar-refractivity contribution in [2.45, 2.75) is 13.0 Å². The second kappa shape index (κ2) is 3.66. The van der Waals surface area contributed by atoms with Gasteiger partial charge in [-0.25, -0.2) is 0 Å². The Hall–Kier alpha value is -1.57. The summed E-state index contributed by atoms with van der Waals surface area (Å²) in [6.07, 6.45) is 0.811. The number of nitrogens with zero attached hydrogens (tertiary/aromatic N) is 1. The molecule has 1 aliphatic rings. The minimum atomic E-state index is 0.105. The fraction of sp³-hybridized carbons (Fsp3) is 0.250. The van der Waals surface area contributed by atoms with Crippen molar-refractivity contribution in [3.63, 3.8) is 0 Å². The SMILES string of the molecule is C=C1CCN(Cc2ccccc2)C1=O. The van der Waals surface area contributed by atoms with Crippen LogP contribution >= 0.6 is 0 Å². The summed E-state index contributed by atoms with van der Waals surface area (Å²) < 4.78 is 0. The molecule has 0 saturated carbocycles. The summed E-state index contributed by atoms with van der Waals surface area (Å²) in [7, 11) is 0. The van der Waals surface area contributed by atoms with E-state index in [9.17, 15) is 4.79 Å².